The van der Waals surface area contributed by atoms with E-state index in [-0.39, 0.29) is 5.97 Å². The maximum absolute atomic E-state index is 11.4. The van der Waals surface area contributed by atoms with Crippen molar-refractivity contribution in [1.82, 2.24) is 14.9 Å². The van der Waals surface area contributed by atoms with Crippen LogP contribution in [0, 0.1) is 5.92 Å². The molecule has 2 aliphatic rings. The number of piperidine rings is 1. The highest BCUT2D eigenvalue weighted by molar-refractivity contribution is 5.71. The molecule has 2 saturated heterocycles. The van der Waals surface area contributed by atoms with E-state index in [1.165, 1.54) is 20.0 Å². The van der Waals surface area contributed by atoms with Crippen LogP contribution in [0.25, 0.3) is 0 Å². The summed E-state index contributed by atoms with van der Waals surface area (Å²) in [5.41, 5.74) is 0. The van der Waals surface area contributed by atoms with Crippen molar-refractivity contribution in [1.29, 1.82) is 0 Å². The van der Waals surface area contributed by atoms with Crippen LogP contribution in [-0.2, 0) is 9.53 Å². The summed E-state index contributed by atoms with van der Waals surface area (Å²) in [7, 11) is 1.43. The minimum atomic E-state index is -0.174. The third kappa shape index (κ3) is 4.14. The minimum Gasteiger partial charge on any atom is -0.468 e. The fraction of sp³-hybridized carbons (Fsp3) is 0.706. The quantitative estimate of drug-likeness (QED) is 0.762. The highest BCUT2D eigenvalue weighted by atomic mass is 16.5. The van der Waals surface area contributed by atoms with Crippen LogP contribution in [0.3, 0.4) is 0 Å². The first-order valence-electron chi connectivity index (χ1n) is 8.77. The Kier molecular flexibility index (Phi) is 5.50. The smallest absolute Gasteiger partial charge is 0.319 e. The number of esters is 1. The number of rotatable bonds is 4. The lowest BCUT2D eigenvalue weighted by atomic mass is 10.0. The molecule has 2 fully saturated rings. The number of nitrogens with zero attached hydrogens (tertiary/aromatic N) is 5. The van der Waals surface area contributed by atoms with E-state index in [2.05, 4.69) is 37.7 Å². The summed E-state index contributed by atoms with van der Waals surface area (Å²) < 4.78 is 4.74. The van der Waals surface area contributed by atoms with Gasteiger partial charge in [0.1, 0.15) is 18.0 Å². The van der Waals surface area contributed by atoms with Gasteiger partial charge in [-0.05, 0) is 18.8 Å². The van der Waals surface area contributed by atoms with Gasteiger partial charge in [0.05, 0.1) is 13.7 Å². The molecule has 1 atom stereocenters. The van der Waals surface area contributed by atoms with E-state index in [0.717, 1.165) is 56.8 Å². The Hall–Kier alpha value is -1.89. The largest absolute Gasteiger partial charge is 0.468 e. The van der Waals surface area contributed by atoms with Crippen molar-refractivity contribution in [2.24, 2.45) is 5.92 Å². The molecule has 1 aromatic rings. The predicted molar refractivity (Wildman–Crippen MR) is 93.3 cm³/mol. The molecule has 0 amide bonds. The molecule has 0 N–H and O–H groups in total. The molecular formula is C17H27N5O2. The lowest BCUT2D eigenvalue weighted by Crippen LogP contribution is -2.48. The Morgan fingerprint density at radius 1 is 1.17 bits per heavy atom. The molecule has 1 aromatic heterocycles. The average Bonchev–Trinajstić information content (AvgIpc) is 2.62. The lowest BCUT2D eigenvalue weighted by Gasteiger charge is -2.35. The summed E-state index contributed by atoms with van der Waals surface area (Å²) >= 11 is 0. The number of ether oxygens (including phenoxy) is 1. The van der Waals surface area contributed by atoms with Gasteiger partial charge in [-0.3, -0.25) is 9.69 Å². The molecule has 7 heteroatoms. The predicted octanol–water partition coefficient (Wildman–Crippen LogP) is 1.01. The molecule has 0 bridgehead atoms. The SMILES string of the molecule is COC(=O)CN1CCN(c2cc(N3CCCC(C)C3)ncn2)CC1. The molecule has 3 heterocycles. The van der Waals surface area contributed by atoms with Crippen LogP contribution in [0.5, 0.6) is 0 Å². The second-order valence-electron chi connectivity index (χ2n) is 6.77. The molecule has 0 radical (unpaired) electrons. The Morgan fingerprint density at radius 3 is 2.54 bits per heavy atom. The van der Waals surface area contributed by atoms with Crippen LogP contribution in [0.2, 0.25) is 0 Å². The van der Waals surface area contributed by atoms with E-state index in [4.69, 9.17) is 4.74 Å². The zero-order valence-electron chi connectivity index (χ0n) is 14.6. The standard InChI is InChI=1S/C17H27N5O2/c1-14-4-3-5-22(11-14)16-10-15(18-13-19-16)21-8-6-20(7-9-21)12-17(23)24-2/h10,13-14H,3-9,11-12H2,1-2H3. The zero-order chi connectivity index (χ0) is 16.9. The van der Waals surface area contributed by atoms with E-state index < -0.39 is 0 Å². The Morgan fingerprint density at radius 2 is 1.88 bits per heavy atom. The van der Waals surface area contributed by atoms with Gasteiger partial charge in [0, 0.05) is 45.3 Å². The fourth-order valence-electron chi connectivity index (χ4n) is 3.46. The van der Waals surface area contributed by atoms with E-state index in [1.807, 2.05) is 0 Å². The van der Waals surface area contributed by atoms with Crippen LogP contribution in [0.1, 0.15) is 19.8 Å². The summed E-state index contributed by atoms with van der Waals surface area (Å²) in [5, 5.41) is 0. The number of carbonyl (C=O) groups is 1. The van der Waals surface area contributed by atoms with E-state index in [1.54, 1.807) is 6.33 Å². The van der Waals surface area contributed by atoms with Gasteiger partial charge in [0.2, 0.25) is 0 Å². The first kappa shape index (κ1) is 17.0. The van der Waals surface area contributed by atoms with Gasteiger partial charge in [-0.25, -0.2) is 9.97 Å². The van der Waals surface area contributed by atoms with Crippen LogP contribution in [0.15, 0.2) is 12.4 Å². The van der Waals surface area contributed by atoms with Crippen molar-refractivity contribution in [2.45, 2.75) is 19.8 Å². The molecule has 7 nitrogen and oxygen atoms in total. The number of methoxy groups -OCH3 is 1. The van der Waals surface area contributed by atoms with Gasteiger partial charge in [-0.15, -0.1) is 0 Å². The summed E-state index contributed by atoms with van der Waals surface area (Å²) in [6.07, 6.45) is 4.20. The Labute approximate surface area is 143 Å². The molecule has 0 saturated carbocycles. The number of anilines is 2. The molecule has 2 aliphatic heterocycles. The second kappa shape index (κ2) is 7.79. The van der Waals surface area contributed by atoms with Crippen LogP contribution >= 0.6 is 0 Å². The van der Waals surface area contributed by atoms with Gasteiger partial charge < -0.3 is 14.5 Å². The molecule has 0 aliphatic carbocycles. The molecule has 132 valence electrons. The monoisotopic (exact) mass is 333 g/mol. The minimum absolute atomic E-state index is 0.174. The summed E-state index contributed by atoms with van der Waals surface area (Å²) in [6.45, 7) is 8.23. The van der Waals surface area contributed by atoms with Crippen molar-refractivity contribution in [2.75, 3.05) is 62.7 Å². The maximum atomic E-state index is 11.4. The van der Waals surface area contributed by atoms with E-state index in [0.29, 0.717) is 6.54 Å². The average molecular weight is 333 g/mol. The molecule has 3 rings (SSSR count). The second-order valence-corrected chi connectivity index (χ2v) is 6.77. The van der Waals surface area contributed by atoms with Crippen LogP contribution in [0.4, 0.5) is 11.6 Å². The Balaban J connectivity index is 1.60. The van der Waals surface area contributed by atoms with Crippen molar-refractivity contribution < 1.29 is 9.53 Å². The molecular weight excluding hydrogens is 306 g/mol. The van der Waals surface area contributed by atoms with Gasteiger partial charge in [0.25, 0.3) is 0 Å². The van der Waals surface area contributed by atoms with Crippen molar-refractivity contribution in [3.8, 4) is 0 Å². The Bertz CT molecular complexity index is 560. The summed E-state index contributed by atoms with van der Waals surface area (Å²) in [5.74, 6) is 2.56. The number of carbonyl (C=O) groups excluding carboxylic acids is 1. The van der Waals surface area contributed by atoms with E-state index >= 15 is 0 Å². The van der Waals surface area contributed by atoms with Gasteiger partial charge >= 0.3 is 5.97 Å². The fourth-order valence-corrected chi connectivity index (χ4v) is 3.46. The third-order valence-electron chi connectivity index (χ3n) is 4.90. The van der Waals surface area contributed by atoms with Gasteiger partial charge in [-0.1, -0.05) is 6.92 Å². The van der Waals surface area contributed by atoms with Crippen molar-refractivity contribution in [3.05, 3.63) is 12.4 Å². The summed E-state index contributed by atoms with van der Waals surface area (Å²) in [4.78, 5) is 27.1. The number of aromatic nitrogens is 2. The molecule has 0 aromatic carbocycles. The number of hydrogen-bond donors (Lipinski definition) is 0. The maximum Gasteiger partial charge on any atom is 0.319 e. The van der Waals surface area contributed by atoms with Crippen molar-refractivity contribution >= 4 is 17.6 Å². The summed E-state index contributed by atoms with van der Waals surface area (Å²) in [6, 6.07) is 2.11. The van der Waals surface area contributed by atoms with Crippen LogP contribution < -0.4 is 9.80 Å². The van der Waals surface area contributed by atoms with Crippen LogP contribution in [-0.4, -0.2) is 73.8 Å². The van der Waals surface area contributed by atoms with E-state index in [9.17, 15) is 4.79 Å². The number of hydrogen-bond acceptors (Lipinski definition) is 7. The number of piperazine rings is 1. The first-order chi connectivity index (χ1) is 11.7. The third-order valence-corrected chi connectivity index (χ3v) is 4.90. The highest BCUT2D eigenvalue weighted by Gasteiger charge is 2.22. The molecule has 0 spiro atoms. The van der Waals surface area contributed by atoms with Crippen molar-refractivity contribution in [3.63, 3.8) is 0 Å². The zero-order valence-corrected chi connectivity index (χ0v) is 14.6. The molecule has 24 heavy (non-hydrogen) atoms. The lowest BCUT2D eigenvalue weighted by molar-refractivity contribution is -0.142. The topological polar surface area (TPSA) is 61.8 Å². The van der Waals surface area contributed by atoms with Gasteiger partial charge in [-0.2, -0.15) is 0 Å². The molecule has 1 unspecified atom stereocenters. The first-order valence-corrected chi connectivity index (χ1v) is 8.77. The highest BCUT2D eigenvalue weighted by Crippen LogP contribution is 2.24. The normalized spacial score (nSPS) is 22.5. The van der Waals surface area contributed by atoms with Gasteiger partial charge in [0.15, 0.2) is 0 Å².